The summed E-state index contributed by atoms with van der Waals surface area (Å²) in [6.07, 6.45) is 0. The number of ether oxygens (including phenoxy) is 2. The molecule has 3 aromatic rings. The van der Waals surface area contributed by atoms with E-state index in [-0.39, 0.29) is 28.9 Å². The number of halogens is 5. The van der Waals surface area contributed by atoms with Gasteiger partial charge in [-0.2, -0.15) is 8.42 Å². The van der Waals surface area contributed by atoms with E-state index in [1.165, 1.54) is 18.2 Å². The molecule has 0 unspecified atom stereocenters. The second-order valence-electron chi connectivity index (χ2n) is 6.67. The molecule has 13 heteroatoms. The maximum Gasteiger partial charge on any atom is 0.344 e. The molecule has 0 radical (unpaired) electrons. The fraction of sp³-hybridized carbons (Fsp3) is 0.0476. The van der Waals surface area contributed by atoms with E-state index < -0.39 is 22.1 Å². The lowest BCUT2D eigenvalue weighted by Gasteiger charge is -2.14. The van der Waals surface area contributed by atoms with Gasteiger partial charge in [0.1, 0.15) is 10.6 Å². The van der Waals surface area contributed by atoms with E-state index in [0.717, 1.165) is 10.7 Å². The van der Waals surface area contributed by atoms with Crippen LogP contribution in [0.5, 0.6) is 11.5 Å². The number of benzene rings is 3. The second kappa shape index (κ2) is 11.7. The van der Waals surface area contributed by atoms with Gasteiger partial charge < -0.3 is 9.47 Å². The quantitative estimate of drug-likeness (QED) is 0.131. The van der Waals surface area contributed by atoms with Crippen LogP contribution in [0.25, 0.3) is 0 Å². The zero-order valence-corrected chi connectivity index (χ0v) is 28.3. The average Bonchev–Trinajstić information content (AvgIpc) is 2.68. The van der Waals surface area contributed by atoms with Gasteiger partial charge >= 0.3 is 11.9 Å². The Morgan fingerprint density at radius 2 is 1.38 bits per heavy atom. The van der Waals surface area contributed by atoms with Gasteiger partial charge in [0.25, 0.3) is 10.1 Å². The third kappa shape index (κ3) is 6.72. The highest BCUT2D eigenvalue weighted by Gasteiger charge is 2.25. The lowest BCUT2D eigenvalue weighted by molar-refractivity contribution is 0.0689. The lowest BCUT2D eigenvalue weighted by Crippen LogP contribution is -2.19. The Labute approximate surface area is 263 Å². The van der Waals surface area contributed by atoms with Crippen LogP contribution in [-0.2, 0) is 10.1 Å². The molecule has 0 atom stereocenters. The molecular weight excluding hydrogens is 1030 g/mol. The molecule has 0 aliphatic rings. The molecule has 34 heavy (non-hydrogen) atoms. The third-order valence-electron chi connectivity index (χ3n) is 4.29. The predicted octanol–water partition coefficient (Wildman–Crippen LogP) is 6.70. The normalized spacial score (nSPS) is 11.3. The van der Waals surface area contributed by atoms with Gasteiger partial charge in [-0.25, -0.2) is 9.59 Å². The summed E-state index contributed by atoms with van der Waals surface area (Å²) >= 11 is 9.80. The highest BCUT2D eigenvalue weighted by molar-refractivity contribution is 14.1. The first-order valence-electron chi connectivity index (χ1n) is 8.94. The van der Waals surface area contributed by atoms with Crippen LogP contribution in [-0.4, -0.2) is 24.9 Å². The van der Waals surface area contributed by atoms with E-state index in [9.17, 15) is 22.6 Å². The van der Waals surface area contributed by atoms with Crippen molar-refractivity contribution in [1.82, 2.24) is 0 Å². The van der Waals surface area contributed by atoms with Crippen LogP contribution in [0.3, 0.4) is 0 Å². The SMILES string of the molecule is Cc1cccc(C(=O)Oc2c(I)cc(I)cc2I)c1C(=O)Oc1cc(I)c(S(=O)(=O)O)c(I)c1. The summed E-state index contributed by atoms with van der Waals surface area (Å²) in [5.74, 6) is -1.05. The van der Waals surface area contributed by atoms with Gasteiger partial charge in [0.05, 0.1) is 18.3 Å². The lowest BCUT2D eigenvalue weighted by atomic mass is 10.0. The van der Waals surface area contributed by atoms with Crippen molar-refractivity contribution >= 4 is 135 Å². The van der Waals surface area contributed by atoms with E-state index in [0.29, 0.717) is 11.3 Å². The monoisotopic (exact) mass is 1040 g/mol. The molecule has 0 amide bonds. The highest BCUT2D eigenvalue weighted by Crippen LogP contribution is 2.32. The van der Waals surface area contributed by atoms with Crippen molar-refractivity contribution in [1.29, 1.82) is 0 Å². The Bertz CT molecular complexity index is 1390. The third-order valence-corrected chi connectivity index (χ3v) is 9.91. The van der Waals surface area contributed by atoms with E-state index in [2.05, 4.69) is 67.8 Å². The molecular formula is C21H11I5O7S. The topological polar surface area (TPSA) is 107 Å². The molecule has 0 spiro atoms. The summed E-state index contributed by atoms with van der Waals surface area (Å²) in [4.78, 5) is 25.9. The van der Waals surface area contributed by atoms with Gasteiger partial charge in [0, 0.05) is 10.7 Å². The van der Waals surface area contributed by atoms with Gasteiger partial charge in [-0.3, -0.25) is 4.55 Å². The van der Waals surface area contributed by atoms with Crippen LogP contribution < -0.4 is 9.47 Å². The summed E-state index contributed by atoms with van der Waals surface area (Å²) in [5.41, 5.74) is 0.575. The van der Waals surface area contributed by atoms with Gasteiger partial charge in [-0.1, -0.05) is 12.1 Å². The summed E-state index contributed by atoms with van der Waals surface area (Å²) in [5, 5.41) is 0. The van der Waals surface area contributed by atoms with E-state index in [1.807, 2.05) is 12.1 Å². The summed E-state index contributed by atoms with van der Waals surface area (Å²) in [7, 11) is -4.44. The fourth-order valence-corrected chi connectivity index (χ4v) is 10.7. The molecule has 3 rings (SSSR count). The fourth-order valence-electron chi connectivity index (χ4n) is 2.88. The molecule has 3 aromatic carbocycles. The molecule has 178 valence electrons. The minimum absolute atomic E-state index is 0.0342. The number of hydrogen-bond acceptors (Lipinski definition) is 6. The molecule has 0 aliphatic heterocycles. The van der Waals surface area contributed by atoms with Gasteiger partial charge in [0.2, 0.25) is 0 Å². The van der Waals surface area contributed by atoms with Crippen molar-refractivity contribution in [2.24, 2.45) is 0 Å². The van der Waals surface area contributed by atoms with Crippen LogP contribution in [0, 0.1) is 24.8 Å². The average molecular weight is 1040 g/mol. The Balaban J connectivity index is 1.96. The number of hydrogen-bond donors (Lipinski definition) is 1. The van der Waals surface area contributed by atoms with Gasteiger partial charge in [-0.05, 0) is 156 Å². The zero-order chi connectivity index (χ0) is 25.4. The largest absolute Gasteiger partial charge is 0.423 e. The number of rotatable bonds is 5. The summed E-state index contributed by atoms with van der Waals surface area (Å²) in [6.45, 7) is 1.67. The predicted molar refractivity (Wildman–Crippen MR) is 167 cm³/mol. The minimum Gasteiger partial charge on any atom is -0.423 e. The van der Waals surface area contributed by atoms with Crippen LogP contribution in [0.1, 0.15) is 26.3 Å². The molecule has 0 saturated heterocycles. The molecule has 0 aromatic heterocycles. The van der Waals surface area contributed by atoms with Crippen molar-refractivity contribution in [3.8, 4) is 11.5 Å². The van der Waals surface area contributed by atoms with E-state index in [1.54, 1.807) is 64.2 Å². The Morgan fingerprint density at radius 3 is 1.91 bits per heavy atom. The first kappa shape index (κ1) is 28.7. The van der Waals surface area contributed by atoms with Crippen molar-refractivity contribution in [3.63, 3.8) is 0 Å². The first-order valence-corrected chi connectivity index (χ1v) is 15.8. The molecule has 0 bridgehead atoms. The van der Waals surface area contributed by atoms with Crippen LogP contribution in [0.4, 0.5) is 0 Å². The first-order chi connectivity index (χ1) is 15.8. The number of aryl methyl sites for hydroxylation is 1. The highest BCUT2D eigenvalue weighted by atomic mass is 127. The van der Waals surface area contributed by atoms with Gasteiger partial charge in [0.15, 0.2) is 5.75 Å². The van der Waals surface area contributed by atoms with E-state index >= 15 is 0 Å². The smallest absolute Gasteiger partial charge is 0.344 e. The molecule has 0 fully saturated rings. The Kier molecular flexibility index (Phi) is 9.88. The zero-order valence-electron chi connectivity index (χ0n) is 16.7. The summed E-state index contributed by atoms with van der Waals surface area (Å²) in [6, 6.07) is 11.2. The molecule has 0 heterocycles. The molecule has 7 nitrogen and oxygen atoms in total. The van der Waals surface area contributed by atoms with Crippen LogP contribution in [0.15, 0.2) is 47.4 Å². The van der Waals surface area contributed by atoms with E-state index in [4.69, 9.17) is 9.47 Å². The van der Waals surface area contributed by atoms with Crippen molar-refractivity contribution in [2.45, 2.75) is 11.8 Å². The van der Waals surface area contributed by atoms with Crippen molar-refractivity contribution in [3.05, 3.63) is 77.0 Å². The standard InChI is InChI=1S/C21H11I5O7S/c1-9-3-2-4-12(20(27)33-18-13(23)5-10(22)6-14(18)24)17(9)21(28)32-11-7-15(25)19(16(26)8-11)34(29,30)31/h2-8H,1H3,(H,29,30,31). The van der Waals surface area contributed by atoms with Crippen LogP contribution >= 0.6 is 113 Å². The Morgan fingerprint density at radius 1 is 0.824 bits per heavy atom. The van der Waals surface area contributed by atoms with Crippen LogP contribution in [0.2, 0.25) is 0 Å². The Hall–Kier alpha value is 0.160. The summed E-state index contributed by atoms with van der Waals surface area (Å²) < 4.78 is 46.6. The maximum absolute atomic E-state index is 13.1. The number of carbonyl (C=O) groups excluding carboxylic acids is 2. The van der Waals surface area contributed by atoms with Crippen molar-refractivity contribution < 1.29 is 32.0 Å². The maximum atomic E-state index is 13.1. The molecule has 0 aliphatic carbocycles. The van der Waals surface area contributed by atoms with Gasteiger partial charge in [-0.15, -0.1) is 0 Å². The minimum atomic E-state index is -4.44. The second-order valence-corrected chi connectivity index (χ2v) is 13.9. The van der Waals surface area contributed by atoms with Crippen molar-refractivity contribution in [2.75, 3.05) is 0 Å². The molecule has 1 N–H and O–H groups in total. The number of carbonyl (C=O) groups is 2. The number of esters is 2. The molecule has 0 saturated carbocycles.